The van der Waals surface area contributed by atoms with Crippen LogP contribution < -0.4 is 5.56 Å². The Morgan fingerprint density at radius 3 is 2.65 bits per heavy atom. The maximum absolute atomic E-state index is 12.9. The molecule has 0 aliphatic carbocycles. The summed E-state index contributed by atoms with van der Waals surface area (Å²) in [5.41, 5.74) is 1.06. The molecule has 23 heavy (non-hydrogen) atoms. The fourth-order valence-electron chi connectivity index (χ4n) is 2.41. The third-order valence-electron chi connectivity index (χ3n) is 3.52. The summed E-state index contributed by atoms with van der Waals surface area (Å²) >= 11 is 0. The first-order valence-electron chi connectivity index (χ1n) is 7.13. The highest BCUT2D eigenvalue weighted by Crippen LogP contribution is 2.21. The molecule has 0 amide bonds. The third kappa shape index (κ3) is 2.53. The zero-order chi connectivity index (χ0) is 16.6. The van der Waals surface area contributed by atoms with Crippen LogP contribution in [0.5, 0.6) is 5.75 Å². The predicted octanol–water partition coefficient (Wildman–Crippen LogP) is 2.48. The van der Waals surface area contributed by atoms with Crippen molar-refractivity contribution in [3.8, 4) is 17.5 Å². The molecular weight excluding hydrogens is 292 g/mol. The average Bonchev–Trinajstić information content (AvgIpc) is 2.54. The van der Waals surface area contributed by atoms with Gasteiger partial charge in [-0.15, -0.1) is 0 Å². The lowest BCUT2D eigenvalue weighted by atomic mass is 10.1. The molecule has 0 atom stereocenters. The number of phenols is 1. The van der Waals surface area contributed by atoms with Crippen molar-refractivity contribution in [3.63, 3.8) is 0 Å². The highest BCUT2D eigenvalue weighted by molar-refractivity contribution is 5.79. The van der Waals surface area contributed by atoms with E-state index in [1.54, 1.807) is 18.2 Å². The number of rotatable bonds is 2. The summed E-state index contributed by atoms with van der Waals surface area (Å²) in [6.07, 6.45) is 1.49. The minimum absolute atomic E-state index is 0.00917. The van der Waals surface area contributed by atoms with Crippen LogP contribution in [-0.4, -0.2) is 19.6 Å². The van der Waals surface area contributed by atoms with Crippen LogP contribution in [0.4, 0.5) is 0 Å². The van der Waals surface area contributed by atoms with Gasteiger partial charge in [0.1, 0.15) is 23.3 Å². The molecule has 3 aromatic rings. The van der Waals surface area contributed by atoms with Gasteiger partial charge >= 0.3 is 0 Å². The number of fused-ring (bicyclic) bond motifs is 1. The van der Waals surface area contributed by atoms with E-state index in [0.29, 0.717) is 22.4 Å². The molecule has 0 aliphatic heterocycles. The maximum atomic E-state index is 12.9. The maximum Gasteiger partial charge on any atom is 0.266 e. The molecule has 0 radical (unpaired) electrons. The molecule has 1 aromatic carbocycles. The van der Waals surface area contributed by atoms with Crippen LogP contribution in [0.1, 0.15) is 31.3 Å². The van der Waals surface area contributed by atoms with E-state index in [9.17, 15) is 9.90 Å². The number of phenolic OH excluding ortho intramolecular Hbond substituents is 1. The topological polar surface area (TPSA) is 91.8 Å². The Kier molecular flexibility index (Phi) is 3.54. The van der Waals surface area contributed by atoms with Gasteiger partial charge < -0.3 is 5.11 Å². The Hall–Kier alpha value is -3.20. The summed E-state index contributed by atoms with van der Waals surface area (Å²) in [6.45, 7) is 3.87. The lowest BCUT2D eigenvalue weighted by Gasteiger charge is -2.15. The van der Waals surface area contributed by atoms with Crippen molar-refractivity contribution in [1.82, 2.24) is 14.5 Å². The van der Waals surface area contributed by atoms with Crippen LogP contribution in [0.15, 0.2) is 41.3 Å². The number of nitrogens with zero attached hydrogens (tertiary/aromatic N) is 4. The standard InChI is InChI=1S/C17H14N4O2/c1-10(2)16-20-15-7-13(22)5-6-14(15)17(23)21(16)12-4-3-11(8-18)19-9-12/h3-7,9-10,22H,1-2H3. The van der Waals surface area contributed by atoms with Crippen LogP contribution in [0.2, 0.25) is 0 Å². The van der Waals surface area contributed by atoms with E-state index in [1.165, 1.54) is 22.9 Å². The molecule has 0 bridgehead atoms. The molecule has 0 aliphatic rings. The highest BCUT2D eigenvalue weighted by atomic mass is 16.3. The number of pyridine rings is 1. The SMILES string of the molecule is CC(C)c1nc2cc(O)ccc2c(=O)n1-c1ccc(C#N)nc1. The van der Waals surface area contributed by atoms with Gasteiger partial charge in [0.05, 0.1) is 22.8 Å². The molecule has 0 unspecified atom stereocenters. The van der Waals surface area contributed by atoms with Gasteiger partial charge in [0.15, 0.2) is 0 Å². The Labute approximate surface area is 132 Å². The van der Waals surface area contributed by atoms with E-state index in [-0.39, 0.29) is 22.9 Å². The van der Waals surface area contributed by atoms with Crippen LogP contribution >= 0.6 is 0 Å². The highest BCUT2D eigenvalue weighted by Gasteiger charge is 2.16. The molecule has 2 aromatic heterocycles. The molecule has 2 heterocycles. The minimum Gasteiger partial charge on any atom is -0.508 e. The molecule has 1 N–H and O–H groups in total. The molecule has 0 spiro atoms. The van der Waals surface area contributed by atoms with E-state index in [1.807, 2.05) is 19.9 Å². The number of hydrogen-bond acceptors (Lipinski definition) is 5. The second-order valence-electron chi connectivity index (χ2n) is 5.48. The fourth-order valence-corrected chi connectivity index (χ4v) is 2.41. The number of hydrogen-bond donors (Lipinski definition) is 1. The number of aromatic hydroxyl groups is 1. The summed E-state index contributed by atoms with van der Waals surface area (Å²) in [4.78, 5) is 21.4. The van der Waals surface area contributed by atoms with Crippen molar-refractivity contribution in [2.45, 2.75) is 19.8 Å². The van der Waals surface area contributed by atoms with Gasteiger partial charge in [-0.3, -0.25) is 9.36 Å². The summed E-state index contributed by atoms with van der Waals surface area (Å²) in [5, 5.41) is 18.9. The van der Waals surface area contributed by atoms with Crippen LogP contribution in [0.3, 0.4) is 0 Å². The van der Waals surface area contributed by atoms with Crippen molar-refractivity contribution in [2.75, 3.05) is 0 Å². The Morgan fingerprint density at radius 2 is 2.04 bits per heavy atom. The fraction of sp³-hybridized carbons (Fsp3) is 0.176. The van der Waals surface area contributed by atoms with E-state index < -0.39 is 0 Å². The van der Waals surface area contributed by atoms with E-state index in [0.717, 1.165) is 0 Å². The summed E-state index contributed by atoms with van der Waals surface area (Å²) in [5.74, 6) is 0.626. The van der Waals surface area contributed by atoms with Crippen LogP contribution in [0.25, 0.3) is 16.6 Å². The van der Waals surface area contributed by atoms with Gasteiger partial charge in [0.25, 0.3) is 5.56 Å². The van der Waals surface area contributed by atoms with Gasteiger partial charge in [0, 0.05) is 12.0 Å². The number of nitriles is 1. The molecule has 6 heteroatoms. The molecular formula is C17H14N4O2. The molecule has 0 saturated heterocycles. The second-order valence-corrected chi connectivity index (χ2v) is 5.48. The second kappa shape index (κ2) is 5.54. The predicted molar refractivity (Wildman–Crippen MR) is 85.6 cm³/mol. The molecule has 3 rings (SSSR count). The van der Waals surface area contributed by atoms with Crippen LogP contribution in [0, 0.1) is 11.3 Å². The van der Waals surface area contributed by atoms with Gasteiger partial charge in [-0.25, -0.2) is 9.97 Å². The van der Waals surface area contributed by atoms with Crippen LogP contribution in [-0.2, 0) is 0 Å². The number of aromatic nitrogens is 3. The van der Waals surface area contributed by atoms with E-state index in [2.05, 4.69) is 9.97 Å². The Bertz CT molecular complexity index is 982. The van der Waals surface area contributed by atoms with Crippen molar-refractivity contribution >= 4 is 10.9 Å². The Morgan fingerprint density at radius 1 is 1.26 bits per heavy atom. The first-order chi connectivity index (χ1) is 11.0. The van der Waals surface area contributed by atoms with Crippen molar-refractivity contribution in [1.29, 1.82) is 5.26 Å². The monoisotopic (exact) mass is 306 g/mol. The Balaban J connectivity index is 2.36. The smallest absolute Gasteiger partial charge is 0.266 e. The van der Waals surface area contributed by atoms with E-state index in [4.69, 9.17) is 5.26 Å². The minimum atomic E-state index is -0.231. The first kappa shape index (κ1) is 14.7. The first-order valence-corrected chi connectivity index (χ1v) is 7.13. The van der Waals surface area contributed by atoms with E-state index >= 15 is 0 Å². The van der Waals surface area contributed by atoms with Gasteiger partial charge in [-0.2, -0.15) is 5.26 Å². The van der Waals surface area contributed by atoms with Gasteiger partial charge in [-0.05, 0) is 24.3 Å². The van der Waals surface area contributed by atoms with Crippen molar-refractivity contribution in [3.05, 3.63) is 58.4 Å². The summed E-state index contributed by atoms with van der Waals surface area (Å²) in [7, 11) is 0. The quantitative estimate of drug-likeness (QED) is 0.785. The van der Waals surface area contributed by atoms with Gasteiger partial charge in [-0.1, -0.05) is 13.8 Å². The lowest BCUT2D eigenvalue weighted by Crippen LogP contribution is -2.24. The average molecular weight is 306 g/mol. The van der Waals surface area contributed by atoms with Gasteiger partial charge in [0.2, 0.25) is 0 Å². The summed E-state index contributed by atoms with van der Waals surface area (Å²) in [6, 6.07) is 9.68. The largest absolute Gasteiger partial charge is 0.508 e. The molecule has 6 nitrogen and oxygen atoms in total. The molecule has 0 fully saturated rings. The van der Waals surface area contributed by atoms with Crippen molar-refractivity contribution in [2.24, 2.45) is 0 Å². The van der Waals surface area contributed by atoms with Crippen molar-refractivity contribution < 1.29 is 5.11 Å². The zero-order valence-corrected chi connectivity index (χ0v) is 12.7. The summed E-state index contributed by atoms with van der Waals surface area (Å²) < 4.78 is 1.50. The normalized spacial score (nSPS) is 10.9. The lowest BCUT2D eigenvalue weighted by molar-refractivity contribution is 0.476. The third-order valence-corrected chi connectivity index (χ3v) is 3.52. The molecule has 114 valence electrons. The number of benzene rings is 1. The zero-order valence-electron chi connectivity index (χ0n) is 12.7. The molecule has 0 saturated carbocycles.